The fourth-order valence-electron chi connectivity index (χ4n) is 2.44. The number of hydrogen-bond donors (Lipinski definition) is 0. The average molecular weight is 400 g/mol. The van der Waals surface area contributed by atoms with E-state index in [1.165, 1.54) is 18.0 Å². The number of thioether (sulfide) groups is 1. The molecular formula is C18H16N4O3S2. The maximum atomic E-state index is 12.6. The van der Waals surface area contributed by atoms with Gasteiger partial charge < -0.3 is 13.7 Å². The predicted octanol–water partition coefficient (Wildman–Crippen LogP) is 4.25. The number of para-hydroxylation sites is 1. The minimum Gasteiger partial charge on any atom is -0.459 e. The molecule has 0 saturated carbocycles. The van der Waals surface area contributed by atoms with Gasteiger partial charge in [0.15, 0.2) is 5.76 Å². The van der Waals surface area contributed by atoms with Gasteiger partial charge in [-0.05, 0) is 31.2 Å². The molecule has 0 N–H and O–H groups in total. The lowest BCUT2D eigenvalue weighted by Gasteiger charge is -2.22. The number of hydrogen-bond acceptors (Lipinski definition) is 8. The fourth-order valence-corrected chi connectivity index (χ4v) is 4.19. The van der Waals surface area contributed by atoms with Gasteiger partial charge >= 0.3 is 0 Å². The van der Waals surface area contributed by atoms with Crippen LogP contribution in [0.2, 0.25) is 0 Å². The third-order valence-electron chi connectivity index (χ3n) is 4.10. The minimum atomic E-state index is -0.114. The molecule has 3 heterocycles. The van der Waals surface area contributed by atoms with Crippen molar-refractivity contribution in [3.8, 4) is 11.7 Å². The second kappa shape index (κ2) is 7.53. The Kier molecular flexibility index (Phi) is 4.95. The summed E-state index contributed by atoms with van der Waals surface area (Å²) in [5.74, 6) is 0.962. The Morgan fingerprint density at radius 1 is 1.26 bits per heavy atom. The van der Waals surface area contributed by atoms with E-state index in [0.29, 0.717) is 16.9 Å². The summed E-state index contributed by atoms with van der Waals surface area (Å²) in [5.41, 5.74) is 0.955. The molecule has 138 valence electrons. The number of rotatable bonds is 6. The molecule has 0 aliphatic carbocycles. The lowest BCUT2D eigenvalue weighted by Crippen LogP contribution is -2.31. The van der Waals surface area contributed by atoms with Crippen LogP contribution in [0.5, 0.6) is 0 Å². The zero-order chi connectivity index (χ0) is 18.8. The lowest BCUT2D eigenvalue weighted by molar-refractivity contribution is -0.128. The highest BCUT2D eigenvalue weighted by molar-refractivity contribution is 7.99. The zero-order valence-electron chi connectivity index (χ0n) is 14.7. The van der Waals surface area contributed by atoms with Gasteiger partial charge in [0.2, 0.25) is 5.91 Å². The molecule has 9 heteroatoms. The van der Waals surface area contributed by atoms with Crippen LogP contribution in [0, 0.1) is 0 Å². The Balaban J connectivity index is 1.38. The second-order valence-corrected chi connectivity index (χ2v) is 7.83. The Hall–Kier alpha value is -2.65. The van der Waals surface area contributed by atoms with Crippen LogP contribution in [0.25, 0.3) is 21.9 Å². The van der Waals surface area contributed by atoms with Gasteiger partial charge in [0.1, 0.15) is 5.01 Å². The molecule has 4 rings (SSSR count). The van der Waals surface area contributed by atoms with Crippen molar-refractivity contribution in [2.75, 3.05) is 12.8 Å². The van der Waals surface area contributed by atoms with Crippen LogP contribution in [0.4, 0.5) is 0 Å². The summed E-state index contributed by atoms with van der Waals surface area (Å²) in [5, 5.41) is 9.11. The van der Waals surface area contributed by atoms with Gasteiger partial charge in [0.05, 0.1) is 28.3 Å². The number of furan rings is 1. The summed E-state index contributed by atoms with van der Waals surface area (Å²) in [6, 6.07) is 11.3. The minimum absolute atomic E-state index is 0.0375. The van der Waals surface area contributed by atoms with Crippen molar-refractivity contribution < 1.29 is 13.6 Å². The maximum Gasteiger partial charge on any atom is 0.284 e. The highest BCUT2D eigenvalue weighted by Gasteiger charge is 2.22. The van der Waals surface area contributed by atoms with Crippen molar-refractivity contribution in [2.24, 2.45) is 0 Å². The van der Waals surface area contributed by atoms with E-state index >= 15 is 0 Å². The number of fused-ring (bicyclic) bond motifs is 1. The molecule has 1 atom stereocenters. The van der Waals surface area contributed by atoms with Gasteiger partial charge in [-0.3, -0.25) is 4.79 Å². The molecule has 0 aliphatic heterocycles. The molecule has 7 nitrogen and oxygen atoms in total. The standard InChI is InChI=1S/C18H16N4O3S2/c1-11(17-19-12-6-3-4-8-14(12)27-17)22(2)15(23)10-26-18-21-20-16(25-18)13-7-5-9-24-13/h3-9,11H,10H2,1-2H3/t11-/m1/s1. The summed E-state index contributed by atoms with van der Waals surface area (Å²) in [6.45, 7) is 1.97. The fraction of sp³-hybridized carbons (Fsp3) is 0.222. The van der Waals surface area contributed by atoms with E-state index in [9.17, 15) is 4.79 Å². The van der Waals surface area contributed by atoms with Crippen LogP contribution in [0.1, 0.15) is 18.0 Å². The summed E-state index contributed by atoms with van der Waals surface area (Å²) in [7, 11) is 1.78. The van der Waals surface area contributed by atoms with E-state index in [2.05, 4.69) is 15.2 Å². The normalized spacial score (nSPS) is 12.4. The molecule has 0 unspecified atom stereocenters. The number of nitrogens with zero attached hydrogens (tertiary/aromatic N) is 4. The van der Waals surface area contributed by atoms with Crippen molar-refractivity contribution in [1.82, 2.24) is 20.1 Å². The Morgan fingerprint density at radius 2 is 2.11 bits per heavy atom. The van der Waals surface area contributed by atoms with Crippen LogP contribution in [-0.4, -0.2) is 38.8 Å². The van der Waals surface area contributed by atoms with E-state index < -0.39 is 0 Å². The van der Waals surface area contributed by atoms with Crippen molar-refractivity contribution in [1.29, 1.82) is 0 Å². The van der Waals surface area contributed by atoms with Crippen LogP contribution in [0.15, 0.2) is 56.7 Å². The molecule has 0 spiro atoms. The van der Waals surface area contributed by atoms with Crippen molar-refractivity contribution in [2.45, 2.75) is 18.2 Å². The summed E-state index contributed by atoms with van der Waals surface area (Å²) in [6.07, 6.45) is 1.54. The molecule has 0 fully saturated rings. The Morgan fingerprint density at radius 3 is 2.89 bits per heavy atom. The largest absolute Gasteiger partial charge is 0.459 e. The van der Waals surface area contributed by atoms with Crippen LogP contribution in [0.3, 0.4) is 0 Å². The predicted molar refractivity (Wildman–Crippen MR) is 104 cm³/mol. The number of carbonyl (C=O) groups is 1. The van der Waals surface area contributed by atoms with Gasteiger partial charge in [-0.15, -0.1) is 21.5 Å². The molecule has 0 saturated heterocycles. The van der Waals surface area contributed by atoms with E-state index in [4.69, 9.17) is 8.83 Å². The molecule has 3 aromatic heterocycles. The first kappa shape index (κ1) is 17.7. The third kappa shape index (κ3) is 3.74. The van der Waals surface area contributed by atoms with Gasteiger partial charge in [0, 0.05) is 7.05 Å². The summed E-state index contributed by atoms with van der Waals surface area (Å²) in [4.78, 5) is 18.9. The van der Waals surface area contributed by atoms with Crippen molar-refractivity contribution in [3.05, 3.63) is 47.7 Å². The molecule has 1 amide bonds. The van der Waals surface area contributed by atoms with Crippen LogP contribution < -0.4 is 0 Å². The van der Waals surface area contributed by atoms with E-state index in [-0.39, 0.29) is 17.7 Å². The van der Waals surface area contributed by atoms with E-state index in [1.807, 2.05) is 31.2 Å². The lowest BCUT2D eigenvalue weighted by atomic mass is 10.3. The summed E-state index contributed by atoms with van der Waals surface area (Å²) < 4.78 is 11.8. The van der Waals surface area contributed by atoms with Crippen LogP contribution >= 0.6 is 23.1 Å². The molecule has 4 aromatic rings. The van der Waals surface area contributed by atoms with E-state index in [1.54, 1.807) is 35.4 Å². The van der Waals surface area contributed by atoms with Crippen molar-refractivity contribution >= 4 is 39.2 Å². The highest BCUT2D eigenvalue weighted by Crippen LogP contribution is 2.29. The highest BCUT2D eigenvalue weighted by atomic mass is 32.2. The smallest absolute Gasteiger partial charge is 0.284 e. The Labute approximate surface area is 163 Å². The number of thiazole rings is 1. The van der Waals surface area contributed by atoms with E-state index in [0.717, 1.165) is 15.2 Å². The van der Waals surface area contributed by atoms with Gasteiger partial charge in [-0.2, -0.15) is 0 Å². The van der Waals surface area contributed by atoms with Crippen LogP contribution in [-0.2, 0) is 4.79 Å². The SMILES string of the molecule is C[C@H](c1nc2ccccc2s1)N(C)C(=O)CSc1nnc(-c2ccco2)o1. The van der Waals surface area contributed by atoms with Gasteiger partial charge in [-0.25, -0.2) is 4.98 Å². The third-order valence-corrected chi connectivity index (χ3v) is 6.11. The molecule has 27 heavy (non-hydrogen) atoms. The number of benzene rings is 1. The van der Waals surface area contributed by atoms with Gasteiger partial charge in [-0.1, -0.05) is 23.9 Å². The molecule has 0 radical (unpaired) electrons. The number of amides is 1. The second-order valence-electron chi connectivity index (χ2n) is 5.84. The first-order valence-corrected chi connectivity index (χ1v) is 10.0. The van der Waals surface area contributed by atoms with Gasteiger partial charge in [0.25, 0.3) is 11.1 Å². The summed E-state index contributed by atoms with van der Waals surface area (Å²) >= 11 is 2.81. The van der Waals surface area contributed by atoms with Crippen molar-refractivity contribution in [3.63, 3.8) is 0 Å². The monoisotopic (exact) mass is 400 g/mol. The topological polar surface area (TPSA) is 85.3 Å². The Bertz CT molecular complexity index is 1020. The molecule has 0 aliphatic rings. The molecular weight excluding hydrogens is 384 g/mol. The first-order valence-electron chi connectivity index (χ1n) is 8.23. The average Bonchev–Trinajstić information content (AvgIpc) is 3.44. The number of aromatic nitrogens is 3. The number of carbonyl (C=O) groups excluding carboxylic acids is 1. The maximum absolute atomic E-state index is 12.6. The molecule has 1 aromatic carbocycles. The first-order chi connectivity index (χ1) is 13.1. The zero-order valence-corrected chi connectivity index (χ0v) is 16.3. The quantitative estimate of drug-likeness (QED) is 0.447. The molecule has 0 bridgehead atoms.